The molecule has 2 aromatic heterocycles. The lowest BCUT2D eigenvalue weighted by molar-refractivity contribution is 0.575. The summed E-state index contributed by atoms with van der Waals surface area (Å²) in [4.78, 5) is 0. The number of aryl methyl sites for hydroxylation is 1. The van der Waals surface area contributed by atoms with Gasteiger partial charge in [0.2, 0.25) is 0 Å². The maximum absolute atomic E-state index is 13.5. The lowest BCUT2D eigenvalue weighted by atomic mass is 9.97. The van der Waals surface area contributed by atoms with Crippen LogP contribution in [0.5, 0.6) is 0 Å². The number of benzene rings is 5. The van der Waals surface area contributed by atoms with Gasteiger partial charge < -0.3 is 8.83 Å². The van der Waals surface area contributed by atoms with Crippen LogP contribution >= 0.6 is 0 Å². The lowest BCUT2D eigenvalue weighted by Crippen LogP contribution is -1.86. The molecule has 2 nitrogen and oxygen atoms in total. The van der Waals surface area contributed by atoms with Crippen LogP contribution in [-0.4, -0.2) is 0 Å². The quantitative estimate of drug-likeness (QED) is 0.161. The SMILES string of the molecule is CCCCCCCCCCc1ccc2oc3ccc4c(ccc5oc6cc(-c7ccc(F)cc7)ccc6c54)c3c2c1. The van der Waals surface area contributed by atoms with E-state index in [2.05, 4.69) is 67.6 Å². The summed E-state index contributed by atoms with van der Waals surface area (Å²) in [6, 6.07) is 28.1. The van der Waals surface area contributed by atoms with Gasteiger partial charge in [-0.1, -0.05) is 76.1 Å². The van der Waals surface area contributed by atoms with Gasteiger partial charge in [-0.2, -0.15) is 0 Å². The topological polar surface area (TPSA) is 26.3 Å². The second kappa shape index (κ2) is 11.0. The van der Waals surface area contributed by atoms with Crippen LogP contribution in [0.25, 0.3) is 65.8 Å². The predicted octanol–water partition coefficient (Wildman–Crippen LogP) is 12.1. The average Bonchev–Trinajstić information content (AvgIpc) is 3.56. The van der Waals surface area contributed by atoms with Crippen LogP contribution in [0.4, 0.5) is 4.39 Å². The van der Waals surface area contributed by atoms with Gasteiger partial charge in [-0.3, -0.25) is 0 Å². The van der Waals surface area contributed by atoms with Crippen LogP contribution in [0.2, 0.25) is 0 Å². The van der Waals surface area contributed by atoms with E-state index in [9.17, 15) is 4.39 Å². The summed E-state index contributed by atoms with van der Waals surface area (Å²) in [5, 5.41) is 6.92. The highest BCUT2D eigenvalue weighted by molar-refractivity contribution is 6.27. The lowest BCUT2D eigenvalue weighted by Gasteiger charge is -2.04. The van der Waals surface area contributed by atoms with Crippen molar-refractivity contribution in [3.63, 3.8) is 0 Å². The summed E-state index contributed by atoms with van der Waals surface area (Å²) >= 11 is 0. The Kier molecular flexibility index (Phi) is 6.96. The molecule has 7 aromatic rings. The summed E-state index contributed by atoms with van der Waals surface area (Å²) in [6.45, 7) is 2.27. The fourth-order valence-corrected chi connectivity index (χ4v) is 6.44. The van der Waals surface area contributed by atoms with Gasteiger partial charge in [0, 0.05) is 21.5 Å². The molecule has 3 heteroatoms. The molecule has 0 unspecified atom stereocenters. The fourth-order valence-electron chi connectivity index (χ4n) is 6.44. The van der Waals surface area contributed by atoms with E-state index in [4.69, 9.17) is 8.83 Å². The van der Waals surface area contributed by atoms with Crippen molar-refractivity contribution >= 4 is 54.6 Å². The molecule has 0 aliphatic carbocycles. The van der Waals surface area contributed by atoms with E-state index < -0.39 is 0 Å². The highest BCUT2D eigenvalue weighted by Crippen LogP contribution is 2.41. The van der Waals surface area contributed by atoms with Crippen LogP contribution in [0.3, 0.4) is 0 Å². The average molecular weight is 543 g/mol. The zero-order chi connectivity index (χ0) is 27.8. The fraction of sp³-hybridized carbons (Fsp3) is 0.263. The molecule has 0 N–H and O–H groups in total. The molecule has 0 aliphatic rings. The Hall–Kier alpha value is -4.11. The minimum Gasteiger partial charge on any atom is -0.456 e. The van der Waals surface area contributed by atoms with Crippen molar-refractivity contribution in [3.8, 4) is 11.1 Å². The number of hydrogen-bond donors (Lipinski definition) is 0. The zero-order valence-corrected chi connectivity index (χ0v) is 23.6. The summed E-state index contributed by atoms with van der Waals surface area (Å²) in [6.07, 6.45) is 11.8. The van der Waals surface area contributed by atoms with Gasteiger partial charge in [-0.25, -0.2) is 4.39 Å². The summed E-state index contributed by atoms with van der Waals surface area (Å²) in [5.41, 5.74) is 6.91. The number of rotatable bonds is 10. The Morgan fingerprint density at radius 3 is 1.80 bits per heavy atom. The number of halogens is 1. The number of unbranched alkanes of at least 4 members (excludes halogenated alkanes) is 7. The predicted molar refractivity (Wildman–Crippen MR) is 170 cm³/mol. The minimum absolute atomic E-state index is 0.233. The van der Waals surface area contributed by atoms with Crippen molar-refractivity contribution in [2.75, 3.05) is 0 Å². The molecular weight excluding hydrogens is 507 g/mol. The van der Waals surface area contributed by atoms with Crippen LogP contribution in [0.1, 0.15) is 63.9 Å². The monoisotopic (exact) mass is 542 g/mol. The van der Waals surface area contributed by atoms with Crippen LogP contribution < -0.4 is 0 Å². The van der Waals surface area contributed by atoms with E-state index in [-0.39, 0.29) is 5.82 Å². The second-order valence-corrected chi connectivity index (χ2v) is 11.4. The smallest absolute Gasteiger partial charge is 0.136 e. The van der Waals surface area contributed by atoms with Gasteiger partial charge in [0.25, 0.3) is 0 Å². The Morgan fingerprint density at radius 1 is 0.488 bits per heavy atom. The molecule has 206 valence electrons. The summed E-state index contributed by atoms with van der Waals surface area (Å²) in [5.74, 6) is -0.233. The first-order valence-corrected chi connectivity index (χ1v) is 15.2. The van der Waals surface area contributed by atoms with Gasteiger partial charge in [-0.05, 0) is 101 Å². The third-order valence-electron chi connectivity index (χ3n) is 8.63. The molecule has 5 aromatic carbocycles. The van der Waals surface area contributed by atoms with Crippen molar-refractivity contribution in [1.29, 1.82) is 0 Å². The molecule has 0 fully saturated rings. The molecule has 41 heavy (non-hydrogen) atoms. The molecule has 0 aliphatic heterocycles. The molecule has 0 amide bonds. The van der Waals surface area contributed by atoms with Gasteiger partial charge >= 0.3 is 0 Å². The zero-order valence-electron chi connectivity index (χ0n) is 23.6. The Bertz CT molecular complexity index is 1990. The highest BCUT2D eigenvalue weighted by Gasteiger charge is 2.16. The van der Waals surface area contributed by atoms with Gasteiger partial charge in [0.15, 0.2) is 0 Å². The molecular formula is C38H35FO2. The summed E-state index contributed by atoms with van der Waals surface area (Å²) in [7, 11) is 0. The molecule has 0 bridgehead atoms. The maximum Gasteiger partial charge on any atom is 0.136 e. The van der Waals surface area contributed by atoms with E-state index in [1.807, 2.05) is 0 Å². The summed E-state index contributed by atoms with van der Waals surface area (Å²) < 4.78 is 26.1. The third-order valence-corrected chi connectivity index (χ3v) is 8.63. The Balaban J connectivity index is 1.23. The van der Waals surface area contributed by atoms with Crippen molar-refractivity contribution in [3.05, 3.63) is 96.3 Å². The van der Waals surface area contributed by atoms with Crippen molar-refractivity contribution < 1.29 is 13.2 Å². The maximum atomic E-state index is 13.5. The van der Waals surface area contributed by atoms with Crippen LogP contribution in [0.15, 0.2) is 93.8 Å². The van der Waals surface area contributed by atoms with Crippen molar-refractivity contribution in [1.82, 2.24) is 0 Å². The normalized spacial score (nSPS) is 12.0. The number of furan rings is 2. The molecule has 0 atom stereocenters. The largest absolute Gasteiger partial charge is 0.456 e. The first-order chi connectivity index (χ1) is 20.2. The third kappa shape index (κ3) is 4.88. The van der Waals surface area contributed by atoms with E-state index in [0.29, 0.717) is 0 Å². The molecule has 0 saturated carbocycles. The minimum atomic E-state index is -0.233. The number of fused-ring (bicyclic) bond motifs is 9. The van der Waals surface area contributed by atoms with E-state index in [1.165, 1.54) is 90.6 Å². The van der Waals surface area contributed by atoms with Crippen LogP contribution in [0, 0.1) is 5.82 Å². The van der Waals surface area contributed by atoms with E-state index in [0.717, 1.165) is 50.7 Å². The number of hydrogen-bond acceptors (Lipinski definition) is 2. The molecule has 0 saturated heterocycles. The van der Waals surface area contributed by atoms with Gasteiger partial charge in [-0.15, -0.1) is 0 Å². The molecule has 0 spiro atoms. The second-order valence-electron chi connectivity index (χ2n) is 11.4. The Labute approximate surface area is 239 Å². The van der Waals surface area contributed by atoms with Gasteiger partial charge in [0.1, 0.15) is 28.1 Å². The molecule has 2 heterocycles. The standard InChI is InChI=1S/C38H35FO2/c1-2-3-4-5-6-7-8-9-10-25-11-20-33-32(23-25)38-30-19-21-34-37(29(30)18-22-35(38)40-33)31-17-14-27(24-36(31)41-34)26-12-15-28(39)16-13-26/h11-24H,2-10H2,1H3. The van der Waals surface area contributed by atoms with E-state index >= 15 is 0 Å². The first-order valence-electron chi connectivity index (χ1n) is 15.2. The van der Waals surface area contributed by atoms with Crippen LogP contribution in [-0.2, 0) is 6.42 Å². The van der Waals surface area contributed by atoms with Crippen molar-refractivity contribution in [2.45, 2.75) is 64.7 Å². The Morgan fingerprint density at radius 2 is 1.07 bits per heavy atom. The van der Waals surface area contributed by atoms with Gasteiger partial charge in [0.05, 0.1) is 0 Å². The first kappa shape index (κ1) is 25.8. The molecule has 7 rings (SSSR count). The molecule has 0 radical (unpaired) electrons. The highest BCUT2D eigenvalue weighted by atomic mass is 19.1. The van der Waals surface area contributed by atoms with Crippen molar-refractivity contribution in [2.24, 2.45) is 0 Å². The van der Waals surface area contributed by atoms with E-state index in [1.54, 1.807) is 12.1 Å².